The first-order valence-corrected chi connectivity index (χ1v) is 5.69. The minimum Gasteiger partial charge on any atom is -0.361 e. The van der Waals surface area contributed by atoms with Crippen molar-refractivity contribution in [2.45, 2.75) is 13.5 Å². The third-order valence-electron chi connectivity index (χ3n) is 2.35. The van der Waals surface area contributed by atoms with E-state index >= 15 is 0 Å². The maximum absolute atomic E-state index is 4.98. The topological polar surface area (TPSA) is 38.1 Å². The highest BCUT2D eigenvalue weighted by Crippen LogP contribution is 2.01. The van der Waals surface area contributed by atoms with Crippen LogP contribution in [0.2, 0.25) is 0 Å². The minimum atomic E-state index is 0.733. The van der Waals surface area contributed by atoms with Crippen LogP contribution in [-0.2, 0) is 6.54 Å². The van der Waals surface area contributed by atoms with Gasteiger partial charge in [0.15, 0.2) is 0 Å². The molecule has 0 aliphatic carbocycles. The molecule has 1 aromatic heterocycles. The molecule has 17 heavy (non-hydrogen) atoms. The maximum atomic E-state index is 4.98. The van der Waals surface area contributed by atoms with Crippen molar-refractivity contribution in [3.8, 4) is 0 Å². The van der Waals surface area contributed by atoms with Crippen LogP contribution >= 0.6 is 0 Å². The smallest absolute Gasteiger partial charge is 0.133 e. The molecule has 0 aliphatic rings. The van der Waals surface area contributed by atoms with Gasteiger partial charge in [-0.25, -0.2) is 0 Å². The first-order chi connectivity index (χ1) is 8.34. The van der Waals surface area contributed by atoms with Gasteiger partial charge in [0.1, 0.15) is 5.76 Å². The predicted octanol–water partition coefficient (Wildman–Crippen LogP) is 2.79. The third kappa shape index (κ3) is 3.89. The summed E-state index contributed by atoms with van der Waals surface area (Å²) < 4.78 is 4.98. The van der Waals surface area contributed by atoms with Crippen LogP contribution in [0.15, 0.2) is 47.0 Å². The van der Waals surface area contributed by atoms with Gasteiger partial charge in [0.25, 0.3) is 0 Å². The summed E-state index contributed by atoms with van der Waals surface area (Å²) in [6.07, 6.45) is 4.20. The molecule has 0 atom stereocenters. The lowest BCUT2D eigenvalue weighted by atomic mass is 10.2. The minimum absolute atomic E-state index is 0.733. The number of nitrogens with zero attached hydrogens (tertiary/aromatic N) is 1. The Bertz CT molecular complexity index is 474. The lowest BCUT2D eigenvalue weighted by Crippen LogP contribution is -2.12. The van der Waals surface area contributed by atoms with Gasteiger partial charge in [-0.05, 0) is 12.5 Å². The summed E-state index contributed by atoms with van der Waals surface area (Å²) in [6.45, 7) is 3.45. The van der Waals surface area contributed by atoms with Crippen LogP contribution in [0.4, 0.5) is 0 Å². The number of nitrogens with one attached hydrogen (secondary N) is 1. The monoisotopic (exact) mass is 228 g/mol. The molecule has 0 fully saturated rings. The number of rotatable bonds is 5. The van der Waals surface area contributed by atoms with Crippen LogP contribution in [0.5, 0.6) is 0 Å². The average molecular weight is 228 g/mol. The highest BCUT2D eigenvalue weighted by atomic mass is 16.5. The fourth-order valence-corrected chi connectivity index (χ4v) is 1.54. The molecule has 0 unspecified atom stereocenters. The van der Waals surface area contributed by atoms with E-state index in [1.54, 1.807) is 0 Å². The number of aromatic nitrogens is 1. The lowest BCUT2D eigenvalue weighted by molar-refractivity contribution is 0.388. The van der Waals surface area contributed by atoms with E-state index in [0.29, 0.717) is 0 Å². The van der Waals surface area contributed by atoms with Crippen molar-refractivity contribution < 1.29 is 4.52 Å². The molecule has 0 spiro atoms. The van der Waals surface area contributed by atoms with E-state index in [1.165, 1.54) is 5.56 Å². The van der Waals surface area contributed by atoms with E-state index in [1.807, 2.05) is 31.2 Å². The molecule has 0 amide bonds. The Kier molecular flexibility index (Phi) is 4.11. The molecule has 1 aromatic carbocycles. The van der Waals surface area contributed by atoms with E-state index < -0.39 is 0 Å². The number of aryl methyl sites for hydroxylation is 1. The van der Waals surface area contributed by atoms with Gasteiger partial charge in [-0.3, -0.25) is 0 Å². The molecule has 0 saturated carbocycles. The first kappa shape index (κ1) is 11.6. The van der Waals surface area contributed by atoms with Gasteiger partial charge in [0, 0.05) is 19.2 Å². The van der Waals surface area contributed by atoms with Crippen molar-refractivity contribution in [1.29, 1.82) is 0 Å². The fraction of sp³-hybridized carbons (Fsp3) is 0.214. The van der Waals surface area contributed by atoms with Crippen molar-refractivity contribution >= 4 is 6.08 Å². The molecule has 88 valence electrons. The highest BCUT2D eigenvalue weighted by Gasteiger charge is 1.97. The average Bonchev–Trinajstić information content (AvgIpc) is 2.76. The fourth-order valence-electron chi connectivity index (χ4n) is 1.54. The SMILES string of the molecule is Cc1cc(CNCC=Cc2ccccc2)no1. The molecule has 1 heterocycles. The van der Waals surface area contributed by atoms with Crippen LogP contribution in [-0.4, -0.2) is 11.7 Å². The molecule has 0 saturated heterocycles. The van der Waals surface area contributed by atoms with Gasteiger partial charge >= 0.3 is 0 Å². The van der Waals surface area contributed by atoms with E-state index in [0.717, 1.165) is 24.5 Å². The molecule has 0 aliphatic heterocycles. The maximum Gasteiger partial charge on any atom is 0.133 e. The van der Waals surface area contributed by atoms with E-state index in [4.69, 9.17) is 4.52 Å². The second-order valence-electron chi connectivity index (χ2n) is 3.87. The second-order valence-corrected chi connectivity index (χ2v) is 3.87. The Morgan fingerprint density at radius 3 is 2.82 bits per heavy atom. The number of benzene rings is 1. The Hall–Kier alpha value is -1.87. The zero-order valence-electron chi connectivity index (χ0n) is 9.89. The third-order valence-corrected chi connectivity index (χ3v) is 2.35. The number of hydrogen-bond donors (Lipinski definition) is 1. The summed E-state index contributed by atoms with van der Waals surface area (Å²) in [4.78, 5) is 0. The van der Waals surface area contributed by atoms with Gasteiger partial charge in [-0.15, -0.1) is 0 Å². The van der Waals surface area contributed by atoms with E-state index in [-0.39, 0.29) is 0 Å². The Morgan fingerprint density at radius 1 is 1.29 bits per heavy atom. The van der Waals surface area contributed by atoms with Crippen LogP contribution < -0.4 is 5.32 Å². The second kappa shape index (κ2) is 6.01. The summed E-state index contributed by atoms with van der Waals surface area (Å²) >= 11 is 0. The molecule has 2 aromatic rings. The molecule has 0 bridgehead atoms. The largest absolute Gasteiger partial charge is 0.361 e. The van der Waals surface area contributed by atoms with Gasteiger partial charge in [0.2, 0.25) is 0 Å². The molecule has 3 heteroatoms. The standard InChI is InChI=1S/C14H16N2O/c1-12-10-14(16-17-12)11-15-9-5-8-13-6-3-2-4-7-13/h2-8,10,15H,9,11H2,1H3. The van der Waals surface area contributed by atoms with Crippen molar-refractivity contribution in [1.82, 2.24) is 10.5 Å². The van der Waals surface area contributed by atoms with E-state index in [2.05, 4.69) is 34.8 Å². The van der Waals surface area contributed by atoms with Crippen LogP contribution in [0, 0.1) is 6.92 Å². The summed E-state index contributed by atoms with van der Waals surface area (Å²) in [7, 11) is 0. The quantitative estimate of drug-likeness (QED) is 0.800. The number of hydrogen-bond acceptors (Lipinski definition) is 3. The van der Waals surface area contributed by atoms with Gasteiger partial charge in [0.05, 0.1) is 5.69 Å². The summed E-state index contributed by atoms with van der Waals surface area (Å²) in [6, 6.07) is 12.2. The summed E-state index contributed by atoms with van der Waals surface area (Å²) in [5.41, 5.74) is 2.15. The van der Waals surface area contributed by atoms with Crippen LogP contribution in [0.25, 0.3) is 6.08 Å². The predicted molar refractivity (Wildman–Crippen MR) is 68.4 cm³/mol. The van der Waals surface area contributed by atoms with Crippen molar-refractivity contribution in [3.05, 3.63) is 59.5 Å². The molecule has 3 nitrogen and oxygen atoms in total. The zero-order chi connectivity index (χ0) is 11.9. The highest BCUT2D eigenvalue weighted by molar-refractivity contribution is 5.48. The normalized spacial score (nSPS) is 11.1. The van der Waals surface area contributed by atoms with Crippen LogP contribution in [0.1, 0.15) is 17.0 Å². The van der Waals surface area contributed by atoms with Crippen LogP contribution in [0.3, 0.4) is 0 Å². The molecular weight excluding hydrogens is 212 g/mol. The van der Waals surface area contributed by atoms with Gasteiger partial charge < -0.3 is 9.84 Å². The summed E-state index contributed by atoms with van der Waals surface area (Å²) in [5.74, 6) is 0.849. The molecule has 0 radical (unpaired) electrons. The molecule has 1 N–H and O–H groups in total. The van der Waals surface area contributed by atoms with Crippen molar-refractivity contribution in [2.75, 3.05) is 6.54 Å². The molecular formula is C14H16N2O. The van der Waals surface area contributed by atoms with Gasteiger partial charge in [-0.2, -0.15) is 0 Å². The zero-order valence-corrected chi connectivity index (χ0v) is 9.89. The summed E-state index contributed by atoms with van der Waals surface area (Å²) in [5, 5.41) is 7.19. The van der Waals surface area contributed by atoms with E-state index in [9.17, 15) is 0 Å². The first-order valence-electron chi connectivity index (χ1n) is 5.69. The Labute approximate surface area is 101 Å². The van der Waals surface area contributed by atoms with Gasteiger partial charge in [-0.1, -0.05) is 47.6 Å². The lowest BCUT2D eigenvalue weighted by Gasteiger charge is -1.96. The Morgan fingerprint density at radius 2 is 2.12 bits per heavy atom. The van der Waals surface area contributed by atoms with Crippen molar-refractivity contribution in [3.63, 3.8) is 0 Å². The molecule has 2 rings (SSSR count). The van der Waals surface area contributed by atoms with Crippen molar-refractivity contribution in [2.24, 2.45) is 0 Å². The Balaban J connectivity index is 1.71.